The zero-order chi connectivity index (χ0) is 17.1. The van der Waals surface area contributed by atoms with Crippen LogP contribution in [0, 0.1) is 0 Å². The number of thiophene rings is 1. The first-order chi connectivity index (χ1) is 12.3. The molecule has 0 amide bonds. The quantitative estimate of drug-likeness (QED) is 0.680. The Kier molecular flexibility index (Phi) is 4.87. The van der Waals surface area contributed by atoms with E-state index in [1.807, 2.05) is 29.9 Å². The molecule has 0 aliphatic carbocycles. The van der Waals surface area contributed by atoms with E-state index in [-0.39, 0.29) is 5.92 Å². The van der Waals surface area contributed by atoms with Crippen LogP contribution in [-0.4, -0.2) is 38.0 Å². The highest BCUT2D eigenvalue weighted by Gasteiger charge is 2.30. The second kappa shape index (κ2) is 7.43. The van der Waals surface area contributed by atoms with Crippen molar-refractivity contribution in [3.05, 3.63) is 63.9 Å². The largest absolute Gasteiger partial charge is 0.374 e. The first-order valence-electron chi connectivity index (χ1n) is 8.39. The Bertz CT molecular complexity index is 802. The molecule has 0 fully saturated rings. The number of pyridine rings is 1. The average molecular weight is 355 g/mol. The van der Waals surface area contributed by atoms with E-state index in [1.165, 1.54) is 11.3 Å². The van der Waals surface area contributed by atoms with Gasteiger partial charge in [-0.25, -0.2) is 0 Å². The summed E-state index contributed by atoms with van der Waals surface area (Å²) in [6.45, 7) is 3.91. The number of fused-ring (bicyclic) bond motifs is 1. The first kappa shape index (κ1) is 16.4. The summed E-state index contributed by atoms with van der Waals surface area (Å²) in [5, 5.41) is 12.9. The normalized spacial score (nSPS) is 17.6. The van der Waals surface area contributed by atoms with Crippen LogP contribution in [0.2, 0.25) is 0 Å². The van der Waals surface area contributed by atoms with Gasteiger partial charge in [-0.2, -0.15) is 11.3 Å². The Hall–Kier alpha value is -2.09. The van der Waals surface area contributed by atoms with Gasteiger partial charge < -0.3 is 4.74 Å². The second-order valence-corrected chi connectivity index (χ2v) is 7.16. The van der Waals surface area contributed by atoms with Crippen molar-refractivity contribution in [3.63, 3.8) is 0 Å². The van der Waals surface area contributed by atoms with E-state index < -0.39 is 0 Å². The van der Waals surface area contributed by atoms with E-state index in [2.05, 4.69) is 37.0 Å². The maximum Gasteiger partial charge on any atom is 0.100 e. The number of aromatic nitrogens is 4. The Balaban J connectivity index is 1.44. The lowest BCUT2D eigenvalue weighted by Gasteiger charge is -2.31. The molecular formula is C18H21N5OS. The molecule has 0 aromatic carbocycles. The summed E-state index contributed by atoms with van der Waals surface area (Å²) in [5.41, 5.74) is 4.57. The lowest BCUT2D eigenvalue weighted by atomic mass is 9.98. The zero-order valence-electron chi connectivity index (χ0n) is 14.2. The number of hydrogen-bond donors (Lipinski definition) is 0. The summed E-state index contributed by atoms with van der Waals surface area (Å²) in [7, 11) is 1.96. The summed E-state index contributed by atoms with van der Waals surface area (Å²) >= 11 is 1.74. The van der Waals surface area contributed by atoms with Gasteiger partial charge in [-0.1, -0.05) is 11.3 Å². The second-order valence-electron chi connectivity index (χ2n) is 6.38. The van der Waals surface area contributed by atoms with Gasteiger partial charge in [0.15, 0.2) is 0 Å². The van der Waals surface area contributed by atoms with Gasteiger partial charge in [0.25, 0.3) is 0 Å². The highest BCUT2D eigenvalue weighted by Crippen LogP contribution is 2.28. The zero-order valence-corrected chi connectivity index (χ0v) is 15.0. The summed E-state index contributed by atoms with van der Waals surface area (Å²) in [6, 6.07) is 8.07. The van der Waals surface area contributed by atoms with Crippen molar-refractivity contribution in [3.8, 4) is 0 Å². The molecule has 7 heteroatoms. The molecule has 4 rings (SSSR count). The highest BCUT2D eigenvalue weighted by atomic mass is 32.1. The van der Waals surface area contributed by atoms with Crippen molar-refractivity contribution in [2.75, 3.05) is 13.2 Å². The number of nitrogens with zero attached hydrogens (tertiary/aromatic N) is 5. The van der Waals surface area contributed by atoms with Crippen LogP contribution in [-0.2, 0) is 31.5 Å². The smallest absolute Gasteiger partial charge is 0.100 e. The minimum absolute atomic E-state index is 0.270. The molecule has 0 saturated heterocycles. The molecule has 1 atom stereocenters. The SMILES string of the molecule is Cn1nnc2c1C(COCc1ccccn1)CN(Cc1ccsc1)C2. The topological polar surface area (TPSA) is 56.1 Å². The highest BCUT2D eigenvalue weighted by molar-refractivity contribution is 7.07. The van der Waals surface area contributed by atoms with Gasteiger partial charge in [-0.3, -0.25) is 14.6 Å². The molecule has 130 valence electrons. The van der Waals surface area contributed by atoms with E-state index >= 15 is 0 Å². The van der Waals surface area contributed by atoms with Gasteiger partial charge in [-0.05, 0) is 34.5 Å². The Morgan fingerprint density at radius 1 is 1.32 bits per heavy atom. The molecule has 1 aliphatic heterocycles. The minimum atomic E-state index is 0.270. The third-order valence-corrected chi connectivity index (χ3v) is 5.20. The van der Waals surface area contributed by atoms with Crippen molar-refractivity contribution in [2.45, 2.75) is 25.6 Å². The molecular weight excluding hydrogens is 334 g/mol. The van der Waals surface area contributed by atoms with Crippen molar-refractivity contribution in [1.82, 2.24) is 24.9 Å². The monoisotopic (exact) mass is 355 g/mol. The molecule has 0 saturated carbocycles. The standard InChI is InChI=1S/C18H21N5OS/c1-22-18-15(11-24-12-16-4-2-3-6-19-16)9-23(10-17(18)20-21-22)8-14-5-7-25-13-14/h2-7,13,15H,8-12H2,1H3. The maximum absolute atomic E-state index is 5.97. The fourth-order valence-electron chi connectivity index (χ4n) is 3.38. The van der Waals surface area contributed by atoms with Crippen molar-refractivity contribution in [1.29, 1.82) is 0 Å². The van der Waals surface area contributed by atoms with E-state index in [0.29, 0.717) is 13.2 Å². The van der Waals surface area contributed by atoms with Crippen molar-refractivity contribution >= 4 is 11.3 Å². The summed E-state index contributed by atoms with van der Waals surface area (Å²) in [5.74, 6) is 0.270. The number of rotatable bonds is 6. The van der Waals surface area contributed by atoms with Crippen LogP contribution >= 0.6 is 11.3 Å². The van der Waals surface area contributed by atoms with Crippen LogP contribution in [0.1, 0.15) is 28.6 Å². The summed E-state index contributed by atoms with van der Waals surface area (Å²) in [4.78, 5) is 6.74. The van der Waals surface area contributed by atoms with Gasteiger partial charge in [0.2, 0.25) is 0 Å². The molecule has 25 heavy (non-hydrogen) atoms. The van der Waals surface area contributed by atoms with Gasteiger partial charge in [0.05, 0.1) is 24.6 Å². The van der Waals surface area contributed by atoms with Crippen LogP contribution in [0.15, 0.2) is 41.2 Å². The minimum Gasteiger partial charge on any atom is -0.374 e. The molecule has 0 radical (unpaired) electrons. The Morgan fingerprint density at radius 2 is 2.28 bits per heavy atom. The fraction of sp³-hybridized carbons (Fsp3) is 0.389. The van der Waals surface area contributed by atoms with Crippen molar-refractivity contribution in [2.24, 2.45) is 7.05 Å². The van der Waals surface area contributed by atoms with Gasteiger partial charge in [0.1, 0.15) is 5.69 Å². The van der Waals surface area contributed by atoms with Gasteiger partial charge in [0, 0.05) is 38.8 Å². The predicted octanol–water partition coefficient (Wildman–Crippen LogP) is 2.59. The molecule has 1 aliphatic rings. The van der Waals surface area contributed by atoms with Gasteiger partial charge >= 0.3 is 0 Å². The van der Waals surface area contributed by atoms with Crippen LogP contribution in [0.25, 0.3) is 0 Å². The molecule has 1 unspecified atom stereocenters. The van der Waals surface area contributed by atoms with Crippen LogP contribution in [0.4, 0.5) is 0 Å². The Labute approximate surface area is 151 Å². The van der Waals surface area contributed by atoms with E-state index in [4.69, 9.17) is 4.74 Å². The lowest BCUT2D eigenvalue weighted by Crippen LogP contribution is -2.35. The van der Waals surface area contributed by atoms with Crippen LogP contribution in [0.5, 0.6) is 0 Å². The summed E-state index contributed by atoms with van der Waals surface area (Å²) in [6.07, 6.45) is 1.80. The summed E-state index contributed by atoms with van der Waals surface area (Å²) < 4.78 is 7.86. The van der Waals surface area contributed by atoms with Crippen LogP contribution < -0.4 is 0 Å². The number of hydrogen-bond acceptors (Lipinski definition) is 6. The molecule has 6 nitrogen and oxygen atoms in total. The molecule has 3 aromatic rings. The third kappa shape index (κ3) is 3.78. The maximum atomic E-state index is 5.97. The fourth-order valence-corrected chi connectivity index (χ4v) is 4.04. The van der Waals surface area contributed by atoms with E-state index in [9.17, 15) is 0 Å². The van der Waals surface area contributed by atoms with E-state index in [1.54, 1.807) is 17.5 Å². The van der Waals surface area contributed by atoms with Crippen molar-refractivity contribution < 1.29 is 4.74 Å². The molecule has 3 aromatic heterocycles. The Morgan fingerprint density at radius 3 is 3.08 bits per heavy atom. The number of ether oxygens (including phenoxy) is 1. The number of aryl methyl sites for hydroxylation is 1. The predicted molar refractivity (Wildman–Crippen MR) is 96.1 cm³/mol. The lowest BCUT2D eigenvalue weighted by molar-refractivity contribution is 0.0812. The average Bonchev–Trinajstić information content (AvgIpc) is 3.26. The van der Waals surface area contributed by atoms with E-state index in [0.717, 1.165) is 31.0 Å². The van der Waals surface area contributed by atoms with Crippen LogP contribution in [0.3, 0.4) is 0 Å². The third-order valence-electron chi connectivity index (χ3n) is 4.46. The van der Waals surface area contributed by atoms with Gasteiger partial charge in [-0.15, -0.1) is 5.10 Å². The molecule has 4 heterocycles. The molecule has 0 spiro atoms. The first-order valence-corrected chi connectivity index (χ1v) is 9.33. The molecule has 0 N–H and O–H groups in total. The molecule has 0 bridgehead atoms.